The van der Waals surface area contributed by atoms with Crippen LogP contribution in [0, 0.1) is 11.7 Å². The first-order chi connectivity index (χ1) is 15.9. The first kappa shape index (κ1) is 22.7. The summed E-state index contributed by atoms with van der Waals surface area (Å²) < 4.78 is 13.5. The van der Waals surface area contributed by atoms with Crippen molar-refractivity contribution in [2.75, 3.05) is 30.7 Å². The number of hydrogen-bond donors (Lipinski definition) is 2. The zero-order chi connectivity index (χ0) is 23.5. The standard InChI is InChI=1S/C24H28FN5O3/c1-2-16-12-19(13-27-22(16)26)28-23(32)24(33)30-10-9-29(21(31)11-15-3-4-15)14-20(30)17-5-7-18(25)8-6-17/h5-8,12-13,15,20H,2-4,9-11,14H2,1H3,(H2,26,27)(H,28,32). The highest BCUT2D eigenvalue weighted by molar-refractivity contribution is 6.39. The topological polar surface area (TPSA) is 109 Å². The molecule has 1 unspecified atom stereocenters. The van der Waals surface area contributed by atoms with Gasteiger partial charge in [-0.2, -0.15) is 0 Å². The van der Waals surface area contributed by atoms with Crippen molar-refractivity contribution in [3.05, 3.63) is 53.5 Å². The number of carbonyl (C=O) groups excluding carboxylic acids is 3. The van der Waals surface area contributed by atoms with Crippen LogP contribution in [0.3, 0.4) is 0 Å². The number of hydrogen-bond acceptors (Lipinski definition) is 5. The molecule has 3 N–H and O–H groups in total. The minimum atomic E-state index is -0.798. The van der Waals surface area contributed by atoms with Crippen molar-refractivity contribution in [3.63, 3.8) is 0 Å². The van der Waals surface area contributed by atoms with Gasteiger partial charge in [0.25, 0.3) is 0 Å². The Morgan fingerprint density at radius 3 is 2.58 bits per heavy atom. The zero-order valence-corrected chi connectivity index (χ0v) is 18.6. The lowest BCUT2D eigenvalue weighted by Crippen LogP contribution is -2.54. The molecule has 0 radical (unpaired) electrons. The third-order valence-corrected chi connectivity index (χ3v) is 6.24. The van der Waals surface area contributed by atoms with E-state index < -0.39 is 23.7 Å². The number of anilines is 2. The fourth-order valence-corrected chi connectivity index (χ4v) is 4.11. The van der Waals surface area contributed by atoms with E-state index in [9.17, 15) is 18.8 Å². The lowest BCUT2D eigenvalue weighted by atomic mass is 10.0. The predicted molar refractivity (Wildman–Crippen MR) is 121 cm³/mol. The second-order valence-corrected chi connectivity index (χ2v) is 8.63. The number of nitrogens with one attached hydrogen (secondary N) is 1. The number of rotatable bonds is 5. The molecule has 1 saturated heterocycles. The Hall–Kier alpha value is -3.49. The van der Waals surface area contributed by atoms with Gasteiger partial charge in [0.2, 0.25) is 5.91 Å². The third-order valence-electron chi connectivity index (χ3n) is 6.24. The van der Waals surface area contributed by atoms with E-state index >= 15 is 0 Å². The van der Waals surface area contributed by atoms with E-state index in [0.717, 1.165) is 18.4 Å². The van der Waals surface area contributed by atoms with Gasteiger partial charge in [0, 0.05) is 26.1 Å². The molecule has 1 atom stereocenters. The van der Waals surface area contributed by atoms with Gasteiger partial charge in [0.1, 0.15) is 11.6 Å². The highest BCUT2D eigenvalue weighted by atomic mass is 19.1. The summed E-state index contributed by atoms with van der Waals surface area (Å²) in [6.07, 6.45) is 4.71. The summed E-state index contributed by atoms with van der Waals surface area (Å²) >= 11 is 0. The van der Waals surface area contributed by atoms with E-state index in [1.165, 1.54) is 23.2 Å². The smallest absolute Gasteiger partial charge is 0.313 e. The van der Waals surface area contributed by atoms with Crippen LogP contribution in [0.15, 0.2) is 36.5 Å². The summed E-state index contributed by atoms with van der Waals surface area (Å²) in [5.74, 6) is -1.02. The molecule has 1 aliphatic heterocycles. The van der Waals surface area contributed by atoms with Gasteiger partial charge < -0.3 is 20.9 Å². The number of piperazine rings is 1. The van der Waals surface area contributed by atoms with Crippen LogP contribution in [0.5, 0.6) is 0 Å². The molecule has 2 fully saturated rings. The highest BCUT2D eigenvalue weighted by Gasteiger charge is 2.37. The molecule has 174 valence electrons. The fourth-order valence-electron chi connectivity index (χ4n) is 4.11. The maximum absolute atomic E-state index is 13.5. The van der Waals surface area contributed by atoms with E-state index in [2.05, 4.69) is 10.3 Å². The Morgan fingerprint density at radius 1 is 1.18 bits per heavy atom. The average molecular weight is 454 g/mol. The van der Waals surface area contributed by atoms with Gasteiger partial charge in [-0.05, 0) is 54.5 Å². The SMILES string of the molecule is CCc1cc(NC(=O)C(=O)N2CCN(C(=O)CC3CC3)CC2c2ccc(F)cc2)cnc1N. The van der Waals surface area contributed by atoms with Crippen molar-refractivity contribution in [1.29, 1.82) is 0 Å². The molecule has 1 aromatic heterocycles. The number of nitrogens with two attached hydrogens (primary N) is 1. The van der Waals surface area contributed by atoms with Crippen LogP contribution in [0.1, 0.15) is 43.4 Å². The molecule has 3 amide bonds. The van der Waals surface area contributed by atoms with Crippen molar-refractivity contribution >= 4 is 29.2 Å². The number of halogens is 1. The minimum absolute atomic E-state index is 0.0567. The van der Waals surface area contributed by atoms with E-state index in [4.69, 9.17) is 5.73 Å². The van der Waals surface area contributed by atoms with Crippen LogP contribution in [-0.2, 0) is 20.8 Å². The quantitative estimate of drug-likeness (QED) is 0.677. The van der Waals surface area contributed by atoms with Gasteiger partial charge in [-0.25, -0.2) is 9.37 Å². The van der Waals surface area contributed by atoms with Crippen LogP contribution in [0.25, 0.3) is 0 Å². The van der Waals surface area contributed by atoms with Crippen molar-refractivity contribution in [2.45, 2.75) is 38.6 Å². The van der Waals surface area contributed by atoms with Gasteiger partial charge in [-0.15, -0.1) is 0 Å². The van der Waals surface area contributed by atoms with E-state index in [0.29, 0.717) is 42.4 Å². The van der Waals surface area contributed by atoms with Crippen molar-refractivity contribution in [2.24, 2.45) is 5.92 Å². The number of carbonyl (C=O) groups is 3. The van der Waals surface area contributed by atoms with Crippen molar-refractivity contribution < 1.29 is 18.8 Å². The second-order valence-electron chi connectivity index (χ2n) is 8.63. The first-order valence-corrected chi connectivity index (χ1v) is 11.2. The van der Waals surface area contributed by atoms with Crippen molar-refractivity contribution in [1.82, 2.24) is 14.8 Å². The summed E-state index contributed by atoms with van der Waals surface area (Å²) in [6, 6.07) is 6.95. The van der Waals surface area contributed by atoms with Crippen LogP contribution in [-0.4, -0.2) is 52.1 Å². The molecule has 2 aromatic rings. The molecular formula is C24H28FN5O3. The van der Waals surface area contributed by atoms with Crippen LogP contribution in [0.4, 0.5) is 15.9 Å². The normalized spacial score (nSPS) is 18.2. The Labute approximate surface area is 192 Å². The average Bonchev–Trinajstić information content (AvgIpc) is 3.64. The molecule has 2 heterocycles. The van der Waals surface area contributed by atoms with Crippen molar-refractivity contribution in [3.8, 4) is 0 Å². The summed E-state index contributed by atoms with van der Waals surface area (Å²) in [6.45, 7) is 2.75. The van der Waals surface area contributed by atoms with E-state index in [1.807, 2.05) is 6.92 Å². The molecule has 8 nitrogen and oxygen atoms in total. The van der Waals surface area contributed by atoms with Gasteiger partial charge in [0.05, 0.1) is 17.9 Å². The first-order valence-electron chi connectivity index (χ1n) is 11.2. The molecule has 1 aromatic carbocycles. The summed E-state index contributed by atoms with van der Waals surface area (Å²) in [5.41, 5.74) is 7.64. The zero-order valence-electron chi connectivity index (χ0n) is 18.6. The van der Waals surface area contributed by atoms with Crippen LogP contribution in [0.2, 0.25) is 0 Å². The molecule has 9 heteroatoms. The Bertz CT molecular complexity index is 1050. The lowest BCUT2D eigenvalue weighted by Gasteiger charge is -2.41. The Balaban J connectivity index is 1.52. The number of nitrogen functional groups attached to an aromatic ring is 1. The van der Waals surface area contributed by atoms with Gasteiger partial charge in [-0.3, -0.25) is 14.4 Å². The largest absolute Gasteiger partial charge is 0.383 e. The fraction of sp³-hybridized carbons (Fsp3) is 0.417. The Morgan fingerprint density at radius 2 is 1.91 bits per heavy atom. The molecular weight excluding hydrogens is 425 g/mol. The maximum Gasteiger partial charge on any atom is 0.313 e. The Kier molecular flexibility index (Phi) is 6.57. The third kappa shape index (κ3) is 5.30. The highest BCUT2D eigenvalue weighted by Crippen LogP contribution is 2.34. The number of benzene rings is 1. The van der Waals surface area contributed by atoms with Crippen LogP contribution < -0.4 is 11.1 Å². The summed E-state index contributed by atoms with van der Waals surface area (Å²) in [7, 11) is 0. The maximum atomic E-state index is 13.5. The van der Waals surface area contributed by atoms with Gasteiger partial charge >= 0.3 is 11.8 Å². The van der Waals surface area contributed by atoms with Crippen LogP contribution >= 0.6 is 0 Å². The molecule has 0 spiro atoms. The minimum Gasteiger partial charge on any atom is -0.383 e. The molecule has 4 rings (SSSR count). The second kappa shape index (κ2) is 9.56. The summed E-state index contributed by atoms with van der Waals surface area (Å²) in [4.78, 5) is 45.9. The number of aromatic nitrogens is 1. The van der Waals surface area contributed by atoms with Gasteiger partial charge in [0.15, 0.2) is 0 Å². The number of pyridine rings is 1. The monoisotopic (exact) mass is 453 g/mol. The molecule has 1 aliphatic carbocycles. The van der Waals surface area contributed by atoms with E-state index in [1.54, 1.807) is 23.1 Å². The number of amides is 3. The molecule has 1 saturated carbocycles. The molecule has 33 heavy (non-hydrogen) atoms. The molecule has 2 aliphatic rings. The predicted octanol–water partition coefficient (Wildman–Crippen LogP) is 2.52. The number of nitrogens with zero attached hydrogens (tertiary/aromatic N) is 3. The lowest BCUT2D eigenvalue weighted by molar-refractivity contribution is -0.149. The summed E-state index contributed by atoms with van der Waals surface area (Å²) in [5, 5.41) is 2.60. The van der Waals surface area contributed by atoms with Gasteiger partial charge in [-0.1, -0.05) is 19.1 Å². The molecule has 0 bridgehead atoms. The number of aryl methyl sites for hydroxylation is 1. The van der Waals surface area contributed by atoms with E-state index in [-0.39, 0.29) is 19.0 Å².